The summed E-state index contributed by atoms with van der Waals surface area (Å²) in [5, 5.41) is 0. The lowest BCUT2D eigenvalue weighted by Gasteiger charge is -2.45. The molecule has 1 rings (SSSR count). The third-order valence-corrected chi connectivity index (χ3v) is 13.6. The van der Waals surface area contributed by atoms with Crippen molar-refractivity contribution in [1.82, 2.24) is 0 Å². The van der Waals surface area contributed by atoms with E-state index in [0.29, 0.717) is 0 Å². The van der Waals surface area contributed by atoms with Crippen LogP contribution in [0, 0.1) is 5.92 Å². The van der Waals surface area contributed by atoms with Crippen molar-refractivity contribution < 1.29 is 4.74 Å². The molecule has 1 unspecified atom stereocenters. The highest BCUT2D eigenvalue weighted by molar-refractivity contribution is 6.83. The average Bonchev–Trinajstić information content (AvgIpc) is 2.49. The summed E-state index contributed by atoms with van der Waals surface area (Å²) in [6.45, 7) is 18.8. The van der Waals surface area contributed by atoms with Gasteiger partial charge < -0.3 is 4.74 Å². The molecule has 0 radical (unpaired) electrons. The zero-order chi connectivity index (χ0) is 17.5. The zero-order valence-electron chi connectivity index (χ0n) is 16.4. The highest BCUT2D eigenvalue weighted by Gasteiger charge is 2.42. The van der Waals surface area contributed by atoms with Crippen molar-refractivity contribution in [3.05, 3.63) is 35.9 Å². The molecule has 23 heavy (non-hydrogen) atoms. The first-order valence-corrected chi connectivity index (χ1v) is 11.9. The van der Waals surface area contributed by atoms with Crippen LogP contribution >= 0.6 is 0 Å². The first-order chi connectivity index (χ1) is 10.8. The van der Waals surface area contributed by atoms with E-state index in [1.54, 1.807) is 0 Å². The monoisotopic (exact) mass is 334 g/mol. The Labute approximate surface area is 145 Å². The molecular weight excluding hydrogens is 296 g/mol. The molecule has 2 heteroatoms. The SMILES string of the molecule is CC(CCOCc1ccccc1)C[Si](C(C)C)(C(C)C)C(C)C. The lowest BCUT2D eigenvalue weighted by Crippen LogP contribution is -2.45. The Morgan fingerprint density at radius 2 is 1.35 bits per heavy atom. The molecule has 1 nitrogen and oxygen atoms in total. The average molecular weight is 335 g/mol. The van der Waals surface area contributed by atoms with E-state index in [4.69, 9.17) is 4.74 Å². The molecule has 0 aliphatic carbocycles. The van der Waals surface area contributed by atoms with Crippen LogP contribution in [0.4, 0.5) is 0 Å². The minimum Gasteiger partial charge on any atom is -0.377 e. The van der Waals surface area contributed by atoms with E-state index in [1.165, 1.54) is 18.0 Å². The summed E-state index contributed by atoms with van der Waals surface area (Å²) in [6.07, 6.45) is 1.19. The molecule has 0 bridgehead atoms. The molecule has 132 valence electrons. The predicted molar refractivity (Wildman–Crippen MR) is 106 cm³/mol. The third-order valence-electron chi connectivity index (χ3n) is 5.79. The predicted octanol–water partition coefficient (Wildman–Crippen LogP) is 6.91. The number of benzene rings is 1. The summed E-state index contributed by atoms with van der Waals surface area (Å²) in [7, 11) is -1.27. The molecule has 0 heterocycles. The molecule has 0 aromatic heterocycles. The fourth-order valence-electron chi connectivity index (χ4n) is 4.46. The quantitative estimate of drug-likeness (QED) is 0.334. The normalized spacial score (nSPS) is 14.0. The summed E-state index contributed by atoms with van der Waals surface area (Å²) in [4.78, 5) is 0. The highest BCUT2D eigenvalue weighted by atomic mass is 28.3. The molecular formula is C21H38OSi. The van der Waals surface area contributed by atoms with Crippen LogP contribution in [0.5, 0.6) is 0 Å². The molecule has 1 aromatic rings. The minimum absolute atomic E-state index is 0.745. The highest BCUT2D eigenvalue weighted by Crippen LogP contribution is 2.46. The van der Waals surface area contributed by atoms with Gasteiger partial charge in [-0.15, -0.1) is 0 Å². The van der Waals surface area contributed by atoms with Gasteiger partial charge in [-0.1, -0.05) is 101 Å². The van der Waals surface area contributed by atoms with Crippen LogP contribution < -0.4 is 0 Å². The largest absolute Gasteiger partial charge is 0.377 e. The molecule has 0 saturated carbocycles. The van der Waals surface area contributed by atoms with Gasteiger partial charge >= 0.3 is 0 Å². The molecule has 0 fully saturated rings. The van der Waals surface area contributed by atoms with Crippen molar-refractivity contribution in [2.24, 2.45) is 5.92 Å². The van der Waals surface area contributed by atoms with Crippen molar-refractivity contribution in [3.8, 4) is 0 Å². The van der Waals surface area contributed by atoms with E-state index < -0.39 is 8.07 Å². The maximum atomic E-state index is 5.90. The van der Waals surface area contributed by atoms with Gasteiger partial charge in [0.05, 0.1) is 14.7 Å². The summed E-state index contributed by atoms with van der Waals surface area (Å²) in [5.74, 6) is 0.768. The Hall–Kier alpha value is -0.603. The van der Waals surface area contributed by atoms with Gasteiger partial charge in [0.25, 0.3) is 0 Å². The number of hydrogen-bond donors (Lipinski definition) is 0. The van der Waals surface area contributed by atoms with Gasteiger partial charge in [0.1, 0.15) is 0 Å². The second-order valence-corrected chi connectivity index (χ2v) is 14.3. The fourth-order valence-corrected chi connectivity index (χ4v) is 11.3. The maximum absolute atomic E-state index is 5.90. The Balaban J connectivity index is 2.48. The Bertz CT molecular complexity index is 403. The Morgan fingerprint density at radius 3 is 1.83 bits per heavy atom. The van der Waals surface area contributed by atoms with Gasteiger partial charge in [-0.2, -0.15) is 0 Å². The first kappa shape index (κ1) is 20.4. The maximum Gasteiger partial charge on any atom is 0.0716 e. The molecule has 0 saturated heterocycles. The zero-order valence-corrected chi connectivity index (χ0v) is 17.4. The van der Waals surface area contributed by atoms with E-state index >= 15 is 0 Å². The molecule has 0 amide bonds. The topological polar surface area (TPSA) is 9.23 Å². The van der Waals surface area contributed by atoms with E-state index in [9.17, 15) is 0 Å². The van der Waals surface area contributed by atoms with Crippen LogP contribution in [-0.2, 0) is 11.3 Å². The second kappa shape index (κ2) is 9.63. The molecule has 1 aromatic carbocycles. The Kier molecular flexibility index (Phi) is 8.56. The number of rotatable bonds is 10. The lowest BCUT2D eigenvalue weighted by atomic mass is 10.1. The van der Waals surface area contributed by atoms with Crippen LogP contribution in [0.25, 0.3) is 0 Å². The lowest BCUT2D eigenvalue weighted by molar-refractivity contribution is 0.110. The van der Waals surface area contributed by atoms with Crippen molar-refractivity contribution in [2.75, 3.05) is 6.61 Å². The van der Waals surface area contributed by atoms with Crippen LogP contribution in [0.2, 0.25) is 22.7 Å². The van der Waals surface area contributed by atoms with Gasteiger partial charge in [-0.05, 0) is 17.9 Å². The summed E-state index contributed by atoms with van der Waals surface area (Å²) in [6, 6.07) is 11.9. The first-order valence-electron chi connectivity index (χ1n) is 9.42. The van der Waals surface area contributed by atoms with Crippen molar-refractivity contribution in [2.45, 2.75) is 84.2 Å². The summed E-state index contributed by atoms with van der Waals surface area (Å²) in [5.41, 5.74) is 3.84. The van der Waals surface area contributed by atoms with Gasteiger partial charge in [0.2, 0.25) is 0 Å². The van der Waals surface area contributed by atoms with Gasteiger partial charge in [-0.3, -0.25) is 0 Å². The van der Waals surface area contributed by atoms with Crippen LogP contribution in [0.3, 0.4) is 0 Å². The van der Waals surface area contributed by atoms with Gasteiger partial charge in [-0.25, -0.2) is 0 Å². The number of hydrogen-bond acceptors (Lipinski definition) is 1. The van der Waals surface area contributed by atoms with Crippen LogP contribution in [-0.4, -0.2) is 14.7 Å². The van der Waals surface area contributed by atoms with Crippen molar-refractivity contribution >= 4 is 8.07 Å². The molecule has 1 atom stereocenters. The summed E-state index contributed by atoms with van der Waals surface area (Å²) >= 11 is 0. The van der Waals surface area contributed by atoms with E-state index in [-0.39, 0.29) is 0 Å². The molecule has 0 N–H and O–H groups in total. The molecule has 0 aliphatic heterocycles. The molecule has 0 spiro atoms. The van der Waals surface area contributed by atoms with Crippen molar-refractivity contribution in [3.63, 3.8) is 0 Å². The fraction of sp³-hybridized carbons (Fsp3) is 0.714. The van der Waals surface area contributed by atoms with E-state index in [0.717, 1.165) is 35.8 Å². The van der Waals surface area contributed by atoms with Gasteiger partial charge in [0, 0.05) is 6.61 Å². The van der Waals surface area contributed by atoms with E-state index in [2.05, 4.69) is 78.8 Å². The van der Waals surface area contributed by atoms with Crippen LogP contribution in [0.15, 0.2) is 30.3 Å². The molecule has 0 aliphatic rings. The number of ether oxygens (including phenoxy) is 1. The van der Waals surface area contributed by atoms with Crippen LogP contribution in [0.1, 0.15) is 60.5 Å². The van der Waals surface area contributed by atoms with Crippen molar-refractivity contribution in [1.29, 1.82) is 0 Å². The van der Waals surface area contributed by atoms with E-state index in [1.807, 2.05) is 0 Å². The third kappa shape index (κ3) is 5.76. The second-order valence-electron chi connectivity index (χ2n) is 8.21. The standard InChI is InChI=1S/C21H38OSi/c1-17(2)23(18(3)4,19(5)6)16-20(7)13-14-22-15-21-11-9-8-10-12-21/h8-12,17-20H,13-16H2,1-7H3. The van der Waals surface area contributed by atoms with Gasteiger partial charge in [0.15, 0.2) is 0 Å². The minimum atomic E-state index is -1.27. The summed E-state index contributed by atoms with van der Waals surface area (Å²) < 4.78 is 5.90. The Morgan fingerprint density at radius 1 is 0.826 bits per heavy atom. The smallest absolute Gasteiger partial charge is 0.0716 e.